The number of hydrogen-bond acceptors (Lipinski definition) is 5. The van der Waals surface area contributed by atoms with Crippen LogP contribution >= 0.6 is 0 Å². The van der Waals surface area contributed by atoms with E-state index in [-0.39, 0.29) is 54.0 Å². The molecule has 0 aromatic carbocycles. The number of carbonyl (C=O) groups is 4. The van der Waals surface area contributed by atoms with Crippen LogP contribution in [0.3, 0.4) is 0 Å². The molecule has 1 heterocycles. The fourth-order valence-corrected chi connectivity index (χ4v) is 4.35. The van der Waals surface area contributed by atoms with E-state index in [1.807, 2.05) is 0 Å². The first-order chi connectivity index (χ1) is 11.5. The first-order valence-corrected chi connectivity index (χ1v) is 8.75. The summed E-state index contributed by atoms with van der Waals surface area (Å²) in [6.45, 7) is -0.241. The minimum absolute atomic E-state index is 0.212. The lowest BCUT2D eigenvalue weighted by atomic mass is 9.81. The Morgan fingerprint density at radius 1 is 1.04 bits per heavy atom. The fourth-order valence-electron chi connectivity index (χ4n) is 4.35. The Hall–Kier alpha value is -1.92. The van der Waals surface area contributed by atoms with E-state index in [2.05, 4.69) is 5.32 Å². The predicted octanol–water partition coefficient (Wildman–Crippen LogP) is 0.619. The normalized spacial score (nSPS) is 32.6. The lowest BCUT2D eigenvalue weighted by Gasteiger charge is -2.21. The molecule has 132 valence electrons. The Morgan fingerprint density at radius 2 is 1.67 bits per heavy atom. The highest BCUT2D eigenvalue weighted by molar-refractivity contribution is 6.07. The van der Waals surface area contributed by atoms with Gasteiger partial charge >= 0.3 is 5.97 Å². The lowest BCUT2D eigenvalue weighted by Crippen LogP contribution is -2.46. The Bertz CT molecular complexity index is 537. The zero-order valence-electron chi connectivity index (χ0n) is 14.0. The van der Waals surface area contributed by atoms with Crippen LogP contribution in [0.15, 0.2) is 0 Å². The molecular formula is C17H24N2O5. The number of hydrogen-bond donors (Lipinski definition) is 1. The summed E-state index contributed by atoms with van der Waals surface area (Å²) < 4.78 is 4.77. The minimum atomic E-state index is -0.379. The van der Waals surface area contributed by atoms with Gasteiger partial charge in [0.2, 0.25) is 17.7 Å². The maximum atomic E-state index is 12.4. The standard InChI is InChI=1S/C17H24N2O5/c1-24-17(23)12-7-4-8-13(12)18-14(20)9-19-15(21)10-5-2-3-6-11(10)16(19)22/h10-13H,2-9H2,1H3,(H,18,20)/t10-,11+,12-,13-/m1/s1. The molecule has 0 radical (unpaired) electrons. The maximum Gasteiger partial charge on any atom is 0.310 e. The molecule has 1 aliphatic heterocycles. The van der Waals surface area contributed by atoms with Crippen molar-refractivity contribution in [2.75, 3.05) is 13.7 Å². The summed E-state index contributed by atoms with van der Waals surface area (Å²) >= 11 is 0. The zero-order valence-corrected chi connectivity index (χ0v) is 14.0. The first-order valence-electron chi connectivity index (χ1n) is 8.75. The van der Waals surface area contributed by atoms with E-state index in [0.717, 1.165) is 37.0 Å². The largest absolute Gasteiger partial charge is 0.469 e. The van der Waals surface area contributed by atoms with Crippen molar-refractivity contribution in [3.63, 3.8) is 0 Å². The van der Waals surface area contributed by atoms with Crippen LogP contribution in [0.5, 0.6) is 0 Å². The number of likely N-dealkylation sites (tertiary alicyclic amines) is 1. The molecule has 3 fully saturated rings. The van der Waals surface area contributed by atoms with Crippen molar-refractivity contribution in [2.24, 2.45) is 17.8 Å². The SMILES string of the molecule is COC(=O)[C@@H]1CCC[C@H]1NC(=O)CN1C(=O)[C@H]2CCCC[C@H]2C1=O. The van der Waals surface area contributed by atoms with Gasteiger partial charge < -0.3 is 10.1 Å². The summed E-state index contributed by atoms with van der Waals surface area (Å²) in [5, 5.41) is 2.81. The number of methoxy groups -OCH3 is 1. The van der Waals surface area contributed by atoms with Crippen molar-refractivity contribution >= 4 is 23.7 Å². The van der Waals surface area contributed by atoms with Gasteiger partial charge in [0.15, 0.2) is 0 Å². The molecule has 4 atom stereocenters. The third-order valence-corrected chi connectivity index (χ3v) is 5.60. The highest BCUT2D eigenvalue weighted by atomic mass is 16.5. The van der Waals surface area contributed by atoms with Gasteiger partial charge in [-0.05, 0) is 25.7 Å². The van der Waals surface area contributed by atoms with Gasteiger partial charge in [0.25, 0.3) is 0 Å². The molecule has 3 amide bonds. The highest BCUT2D eigenvalue weighted by Crippen LogP contribution is 2.37. The van der Waals surface area contributed by atoms with Crippen LogP contribution in [0, 0.1) is 17.8 Å². The molecule has 2 aliphatic carbocycles. The summed E-state index contributed by atoms with van der Waals surface area (Å²) in [7, 11) is 1.34. The molecule has 1 N–H and O–H groups in total. The Balaban J connectivity index is 1.59. The molecule has 2 saturated carbocycles. The van der Waals surface area contributed by atoms with Crippen LogP contribution in [-0.2, 0) is 23.9 Å². The molecule has 0 aromatic rings. The van der Waals surface area contributed by atoms with Gasteiger partial charge in [-0.3, -0.25) is 24.1 Å². The second-order valence-corrected chi connectivity index (χ2v) is 6.99. The lowest BCUT2D eigenvalue weighted by molar-refractivity contribution is -0.147. The molecule has 24 heavy (non-hydrogen) atoms. The predicted molar refractivity (Wildman–Crippen MR) is 83.5 cm³/mol. The smallest absolute Gasteiger partial charge is 0.310 e. The number of fused-ring (bicyclic) bond motifs is 1. The molecule has 1 saturated heterocycles. The summed E-state index contributed by atoms with van der Waals surface area (Å²) in [5.74, 6) is -1.95. The van der Waals surface area contributed by atoms with Crippen molar-refractivity contribution in [2.45, 2.75) is 51.0 Å². The molecule has 0 bridgehead atoms. The molecule has 0 aromatic heterocycles. The second kappa shape index (κ2) is 6.91. The molecular weight excluding hydrogens is 312 g/mol. The quantitative estimate of drug-likeness (QED) is 0.600. The Labute approximate surface area is 141 Å². The maximum absolute atomic E-state index is 12.4. The number of nitrogens with zero attached hydrogens (tertiary/aromatic N) is 1. The third-order valence-electron chi connectivity index (χ3n) is 5.60. The van der Waals surface area contributed by atoms with Crippen molar-refractivity contribution in [3.05, 3.63) is 0 Å². The Morgan fingerprint density at radius 3 is 2.25 bits per heavy atom. The fraction of sp³-hybridized carbons (Fsp3) is 0.765. The van der Waals surface area contributed by atoms with E-state index in [0.29, 0.717) is 12.8 Å². The van der Waals surface area contributed by atoms with Crippen molar-refractivity contribution in [1.29, 1.82) is 0 Å². The van der Waals surface area contributed by atoms with Crippen LogP contribution < -0.4 is 5.32 Å². The van der Waals surface area contributed by atoms with E-state index in [9.17, 15) is 19.2 Å². The zero-order chi connectivity index (χ0) is 17.3. The first kappa shape index (κ1) is 16.9. The molecule has 7 nitrogen and oxygen atoms in total. The Kier molecular flexibility index (Phi) is 4.87. The highest BCUT2D eigenvalue weighted by Gasteiger charge is 2.48. The van der Waals surface area contributed by atoms with Crippen LogP contribution in [0.4, 0.5) is 0 Å². The van der Waals surface area contributed by atoms with E-state index in [1.54, 1.807) is 0 Å². The van der Waals surface area contributed by atoms with Crippen LogP contribution in [-0.4, -0.2) is 48.3 Å². The monoisotopic (exact) mass is 336 g/mol. The van der Waals surface area contributed by atoms with E-state index < -0.39 is 0 Å². The molecule has 3 aliphatic rings. The number of amides is 3. The number of imide groups is 1. The number of rotatable bonds is 4. The number of nitrogens with one attached hydrogen (secondary N) is 1. The van der Waals surface area contributed by atoms with Crippen molar-refractivity contribution in [3.8, 4) is 0 Å². The molecule has 7 heteroatoms. The topological polar surface area (TPSA) is 92.8 Å². The van der Waals surface area contributed by atoms with Gasteiger partial charge in [-0.2, -0.15) is 0 Å². The van der Waals surface area contributed by atoms with E-state index in [4.69, 9.17) is 4.74 Å². The van der Waals surface area contributed by atoms with Crippen molar-refractivity contribution in [1.82, 2.24) is 10.2 Å². The number of carbonyl (C=O) groups excluding carboxylic acids is 4. The summed E-state index contributed by atoms with van der Waals surface area (Å²) in [5.41, 5.74) is 0. The van der Waals surface area contributed by atoms with Crippen molar-refractivity contribution < 1.29 is 23.9 Å². The number of esters is 1. The average molecular weight is 336 g/mol. The van der Waals surface area contributed by atoms with E-state index in [1.165, 1.54) is 7.11 Å². The minimum Gasteiger partial charge on any atom is -0.469 e. The van der Waals surface area contributed by atoms with Crippen LogP contribution in [0.1, 0.15) is 44.9 Å². The van der Waals surface area contributed by atoms with Gasteiger partial charge in [0, 0.05) is 6.04 Å². The molecule has 0 spiro atoms. The number of ether oxygens (including phenoxy) is 1. The van der Waals surface area contributed by atoms with Gasteiger partial charge in [-0.25, -0.2) is 0 Å². The summed E-state index contributed by atoms with van der Waals surface area (Å²) in [4.78, 5) is 49.9. The average Bonchev–Trinajstić information content (AvgIpc) is 3.13. The van der Waals surface area contributed by atoms with E-state index >= 15 is 0 Å². The van der Waals surface area contributed by atoms with Gasteiger partial charge in [-0.15, -0.1) is 0 Å². The van der Waals surface area contributed by atoms with Crippen LogP contribution in [0.2, 0.25) is 0 Å². The summed E-state index contributed by atoms with van der Waals surface area (Å²) in [6, 6.07) is -0.278. The van der Waals surface area contributed by atoms with Gasteiger partial charge in [0.1, 0.15) is 6.54 Å². The molecule has 3 rings (SSSR count). The second-order valence-electron chi connectivity index (χ2n) is 6.99. The molecule has 0 unspecified atom stereocenters. The van der Waals surface area contributed by atoms with Gasteiger partial charge in [-0.1, -0.05) is 19.3 Å². The summed E-state index contributed by atoms with van der Waals surface area (Å²) in [6.07, 6.45) is 5.63. The van der Waals surface area contributed by atoms with Gasteiger partial charge in [0.05, 0.1) is 24.9 Å². The third kappa shape index (κ3) is 3.03. The van der Waals surface area contributed by atoms with Crippen LogP contribution in [0.25, 0.3) is 0 Å².